The van der Waals surface area contributed by atoms with Crippen molar-refractivity contribution in [1.29, 1.82) is 0 Å². The number of rotatable bonds is 2. The number of nitrogens with zero attached hydrogens (tertiary/aromatic N) is 2. The van der Waals surface area contributed by atoms with Gasteiger partial charge in [-0.1, -0.05) is 0 Å². The number of piperidine rings is 1. The van der Waals surface area contributed by atoms with E-state index in [-0.39, 0.29) is 5.60 Å². The Morgan fingerprint density at radius 1 is 1.33 bits per heavy atom. The fourth-order valence-corrected chi connectivity index (χ4v) is 2.82. The van der Waals surface area contributed by atoms with Crippen molar-refractivity contribution in [2.45, 2.75) is 37.8 Å². The van der Waals surface area contributed by atoms with Gasteiger partial charge in [0.25, 0.3) is 0 Å². The predicted molar refractivity (Wildman–Crippen MR) is 69.6 cm³/mol. The van der Waals surface area contributed by atoms with E-state index in [0.29, 0.717) is 12.0 Å². The van der Waals surface area contributed by atoms with E-state index in [1.165, 1.54) is 0 Å². The second-order valence-electron chi connectivity index (χ2n) is 5.37. The van der Waals surface area contributed by atoms with Gasteiger partial charge in [-0.05, 0) is 44.8 Å². The molecule has 5 heteroatoms. The van der Waals surface area contributed by atoms with Crippen molar-refractivity contribution in [3.05, 3.63) is 18.0 Å². The van der Waals surface area contributed by atoms with Crippen molar-refractivity contribution >= 4 is 5.95 Å². The van der Waals surface area contributed by atoms with Crippen LogP contribution in [0.25, 0.3) is 0 Å². The van der Waals surface area contributed by atoms with Crippen LogP contribution in [-0.2, 0) is 4.74 Å². The number of ether oxygens (including phenoxy) is 1. The lowest BCUT2D eigenvalue weighted by Crippen LogP contribution is -2.41. The Morgan fingerprint density at radius 2 is 2.06 bits per heavy atom. The highest BCUT2D eigenvalue weighted by Gasteiger charge is 2.41. The lowest BCUT2D eigenvalue weighted by atomic mass is 9.88. The van der Waals surface area contributed by atoms with Crippen LogP contribution < -0.4 is 10.6 Å². The third-order valence-corrected chi connectivity index (χ3v) is 3.84. The summed E-state index contributed by atoms with van der Waals surface area (Å²) in [6.07, 6.45) is 6.96. The van der Waals surface area contributed by atoms with Crippen LogP contribution in [0.1, 0.15) is 24.8 Å². The van der Waals surface area contributed by atoms with E-state index in [1.807, 2.05) is 19.3 Å². The zero-order chi connectivity index (χ0) is 12.4. The Balaban J connectivity index is 1.60. The second kappa shape index (κ2) is 4.82. The van der Waals surface area contributed by atoms with Gasteiger partial charge in [0, 0.05) is 12.4 Å². The molecule has 2 aliphatic heterocycles. The summed E-state index contributed by atoms with van der Waals surface area (Å²) >= 11 is 0. The molecule has 1 aromatic rings. The van der Waals surface area contributed by atoms with Crippen LogP contribution in [0.2, 0.25) is 0 Å². The van der Waals surface area contributed by atoms with Crippen LogP contribution in [-0.4, -0.2) is 41.3 Å². The lowest BCUT2D eigenvalue weighted by Gasteiger charge is -2.32. The van der Waals surface area contributed by atoms with Crippen LogP contribution in [0.5, 0.6) is 0 Å². The quantitative estimate of drug-likeness (QED) is 0.821. The fraction of sp³-hybridized carbons (Fsp3) is 0.692. The van der Waals surface area contributed by atoms with Gasteiger partial charge in [-0.2, -0.15) is 0 Å². The summed E-state index contributed by atoms with van der Waals surface area (Å²) in [5, 5.41) is 6.75. The zero-order valence-corrected chi connectivity index (χ0v) is 10.8. The molecule has 3 rings (SSSR count). The molecule has 3 heterocycles. The molecule has 18 heavy (non-hydrogen) atoms. The van der Waals surface area contributed by atoms with Crippen LogP contribution in [0.4, 0.5) is 5.95 Å². The average Bonchev–Trinajstić information content (AvgIpc) is 2.76. The van der Waals surface area contributed by atoms with Crippen LogP contribution in [0.15, 0.2) is 12.4 Å². The molecular weight excluding hydrogens is 228 g/mol. The molecule has 0 aliphatic carbocycles. The average molecular weight is 248 g/mol. The molecule has 2 fully saturated rings. The molecule has 0 unspecified atom stereocenters. The molecule has 1 atom stereocenters. The summed E-state index contributed by atoms with van der Waals surface area (Å²) in [5.74, 6) is 0.709. The van der Waals surface area contributed by atoms with E-state index < -0.39 is 0 Å². The predicted octanol–water partition coefficient (Wildman–Crippen LogP) is 1.11. The number of aromatic nitrogens is 2. The van der Waals surface area contributed by atoms with E-state index in [0.717, 1.165) is 44.5 Å². The van der Waals surface area contributed by atoms with Gasteiger partial charge in [0.15, 0.2) is 0 Å². The van der Waals surface area contributed by atoms with Crippen molar-refractivity contribution in [2.24, 2.45) is 0 Å². The van der Waals surface area contributed by atoms with Gasteiger partial charge < -0.3 is 15.4 Å². The Bertz CT molecular complexity index is 400. The monoisotopic (exact) mass is 248 g/mol. The molecule has 0 aromatic carbocycles. The van der Waals surface area contributed by atoms with E-state index in [1.54, 1.807) is 0 Å². The minimum absolute atomic E-state index is 0.0909. The number of hydrogen-bond donors (Lipinski definition) is 2. The maximum atomic E-state index is 6.03. The van der Waals surface area contributed by atoms with Crippen LogP contribution in [0.3, 0.4) is 0 Å². The summed E-state index contributed by atoms with van der Waals surface area (Å²) in [7, 11) is 0. The fourth-order valence-electron chi connectivity index (χ4n) is 2.82. The third kappa shape index (κ3) is 2.47. The molecule has 1 aromatic heterocycles. The summed E-state index contributed by atoms with van der Waals surface area (Å²) in [6.45, 7) is 4.88. The highest BCUT2D eigenvalue weighted by molar-refractivity contribution is 5.27. The summed E-state index contributed by atoms with van der Waals surface area (Å²) < 4.78 is 6.03. The molecule has 5 nitrogen and oxygen atoms in total. The van der Waals surface area contributed by atoms with Crippen LogP contribution in [0, 0.1) is 6.92 Å². The van der Waals surface area contributed by atoms with Gasteiger partial charge in [-0.15, -0.1) is 0 Å². The van der Waals surface area contributed by atoms with Gasteiger partial charge in [-0.25, -0.2) is 9.97 Å². The molecule has 0 radical (unpaired) electrons. The molecular formula is C13H20N4O. The van der Waals surface area contributed by atoms with Gasteiger partial charge in [0.1, 0.15) is 0 Å². The van der Waals surface area contributed by atoms with Crippen molar-refractivity contribution in [3.8, 4) is 0 Å². The van der Waals surface area contributed by atoms with Crippen molar-refractivity contribution < 1.29 is 4.74 Å². The van der Waals surface area contributed by atoms with Crippen LogP contribution >= 0.6 is 0 Å². The Labute approximate surface area is 107 Å². The minimum atomic E-state index is 0.0909. The van der Waals surface area contributed by atoms with Gasteiger partial charge in [0.2, 0.25) is 5.95 Å². The molecule has 0 bridgehead atoms. The number of nitrogens with one attached hydrogen (secondary N) is 2. The largest absolute Gasteiger partial charge is 0.373 e. The molecule has 0 saturated carbocycles. The second-order valence-corrected chi connectivity index (χ2v) is 5.37. The van der Waals surface area contributed by atoms with E-state index in [9.17, 15) is 0 Å². The number of aryl methyl sites for hydroxylation is 1. The SMILES string of the molecule is Cc1cnc(N[C@H]2COC3(CCNCC3)C2)nc1. The standard InChI is InChI=1S/C13H20N4O/c1-10-7-15-12(16-8-10)17-11-6-13(18-9-11)2-4-14-5-3-13/h7-8,11,14H,2-6,9H2,1H3,(H,15,16,17)/t11-/m1/s1. The molecule has 2 saturated heterocycles. The van der Waals surface area contributed by atoms with Gasteiger partial charge in [-0.3, -0.25) is 0 Å². The third-order valence-electron chi connectivity index (χ3n) is 3.84. The van der Waals surface area contributed by atoms with E-state index >= 15 is 0 Å². The first kappa shape index (κ1) is 11.9. The van der Waals surface area contributed by atoms with Crippen molar-refractivity contribution in [2.75, 3.05) is 25.0 Å². The molecule has 0 amide bonds. The number of anilines is 1. The lowest BCUT2D eigenvalue weighted by molar-refractivity contribution is -0.0192. The highest BCUT2D eigenvalue weighted by Crippen LogP contribution is 2.34. The van der Waals surface area contributed by atoms with Crippen molar-refractivity contribution in [3.63, 3.8) is 0 Å². The Morgan fingerprint density at radius 3 is 2.78 bits per heavy atom. The highest BCUT2D eigenvalue weighted by atomic mass is 16.5. The Kier molecular flexibility index (Phi) is 3.18. The first-order valence-electron chi connectivity index (χ1n) is 6.66. The smallest absolute Gasteiger partial charge is 0.222 e. The van der Waals surface area contributed by atoms with Gasteiger partial charge >= 0.3 is 0 Å². The van der Waals surface area contributed by atoms with E-state index in [2.05, 4.69) is 20.6 Å². The summed E-state index contributed by atoms with van der Waals surface area (Å²) in [6, 6.07) is 0.339. The number of hydrogen-bond acceptors (Lipinski definition) is 5. The summed E-state index contributed by atoms with van der Waals surface area (Å²) in [5.41, 5.74) is 1.17. The normalized spacial score (nSPS) is 26.4. The molecule has 1 spiro atoms. The maximum Gasteiger partial charge on any atom is 0.222 e. The molecule has 2 aliphatic rings. The topological polar surface area (TPSA) is 59.1 Å². The molecule has 2 N–H and O–H groups in total. The zero-order valence-electron chi connectivity index (χ0n) is 10.8. The summed E-state index contributed by atoms with van der Waals surface area (Å²) in [4.78, 5) is 8.57. The first-order chi connectivity index (χ1) is 8.76. The van der Waals surface area contributed by atoms with Gasteiger partial charge in [0.05, 0.1) is 18.2 Å². The maximum absolute atomic E-state index is 6.03. The minimum Gasteiger partial charge on any atom is -0.373 e. The Hall–Kier alpha value is -1.20. The van der Waals surface area contributed by atoms with E-state index in [4.69, 9.17) is 4.74 Å². The molecule has 98 valence electrons. The first-order valence-corrected chi connectivity index (χ1v) is 6.66. The van der Waals surface area contributed by atoms with Crippen molar-refractivity contribution in [1.82, 2.24) is 15.3 Å².